The summed E-state index contributed by atoms with van der Waals surface area (Å²) in [7, 11) is 0. The second-order valence-corrected chi connectivity index (χ2v) is 5.53. The van der Waals surface area contributed by atoms with E-state index in [9.17, 15) is 0 Å². The van der Waals surface area contributed by atoms with Gasteiger partial charge in [-0.3, -0.25) is 0 Å². The van der Waals surface area contributed by atoms with Crippen molar-refractivity contribution in [3.63, 3.8) is 0 Å². The summed E-state index contributed by atoms with van der Waals surface area (Å²) in [6, 6.07) is 6.63. The summed E-state index contributed by atoms with van der Waals surface area (Å²) >= 11 is 3.38. The molecular weight excluding hydrogens is 252 g/mol. The number of hydrogen-bond acceptors (Lipinski definition) is 2. The SMILES string of the molecule is CC(C)CC1CC1Nc1cccc(Br)n1. The van der Waals surface area contributed by atoms with E-state index in [4.69, 9.17) is 0 Å². The van der Waals surface area contributed by atoms with Crippen LogP contribution in [0.4, 0.5) is 5.82 Å². The molecule has 1 aromatic heterocycles. The van der Waals surface area contributed by atoms with Crippen LogP contribution in [0.3, 0.4) is 0 Å². The average Bonchev–Trinajstić information content (AvgIpc) is 2.82. The predicted molar refractivity (Wildman–Crippen MR) is 66.9 cm³/mol. The maximum atomic E-state index is 4.37. The van der Waals surface area contributed by atoms with Gasteiger partial charge in [0.25, 0.3) is 0 Å². The summed E-state index contributed by atoms with van der Waals surface area (Å²) in [5, 5.41) is 3.47. The minimum absolute atomic E-state index is 0.647. The van der Waals surface area contributed by atoms with Crippen molar-refractivity contribution in [2.75, 3.05) is 5.32 Å². The maximum Gasteiger partial charge on any atom is 0.127 e. The third kappa shape index (κ3) is 3.20. The molecule has 2 atom stereocenters. The Bertz CT molecular complexity index is 338. The molecule has 0 bridgehead atoms. The van der Waals surface area contributed by atoms with Crippen molar-refractivity contribution in [3.8, 4) is 0 Å². The molecule has 1 aliphatic carbocycles. The molecule has 0 spiro atoms. The van der Waals surface area contributed by atoms with E-state index in [1.165, 1.54) is 12.8 Å². The van der Waals surface area contributed by atoms with Crippen LogP contribution in [0.5, 0.6) is 0 Å². The van der Waals surface area contributed by atoms with Crippen LogP contribution in [0.25, 0.3) is 0 Å². The van der Waals surface area contributed by atoms with Gasteiger partial charge in [0.05, 0.1) is 0 Å². The van der Waals surface area contributed by atoms with E-state index in [1.807, 2.05) is 18.2 Å². The lowest BCUT2D eigenvalue weighted by molar-refractivity contribution is 0.534. The Hall–Kier alpha value is -0.570. The lowest BCUT2D eigenvalue weighted by Gasteiger charge is -2.06. The number of anilines is 1. The van der Waals surface area contributed by atoms with E-state index < -0.39 is 0 Å². The molecule has 1 aliphatic rings. The summed E-state index contributed by atoms with van der Waals surface area (Å²) in [6.45, 7) is 4.57. The van der Waals surface area contributed by atoms with Gasteiger partial charge in [0, 0.05) is 6.04 Å². The third-order valence-electron chi connectivity index (χ3n) is 2.75. The second-order valence-electron chi connectivity index (χ2n) is 4.72. The van der Waals surface area contributed by atoms with E-state index in [0.717, 1.165) is 22.3 Å². The van der Waals surface area contributed by atoms with Crippen LogP contribution in [0.15, 0.2) is 22.8 Å². The zero-order valence-electron chi connectivity index (χ0n) is 9.20. The van der Waals surface area contributed by atoms with Crippen LogP contribution in [-0.4, -0.2) is 11.0 Å². The second kappa shape index (κ2) is 4.52. The summed E-state index contributed by atoms with van der Waals surface area (Å²) in [6.07, 6.45) is 2.62. The molecule has 1 aromatic rings. The Morgan fingerprint density at radius 3 is 3.00 bits per heavy atom. The zero-order valence-corrected chi connectivity index (χ0v) is 10.8. The van der Waals surface area contributed by atoms with Crippen molar-refractivity contribution < 1.29 is 0 Å². The lowest BCUT2D eigenvalue weighted by Crippen LogP contribution is -2.07. The average molecular weight is 269 g/mol. The van der Waals surface area contributed by atoms with Crippen molar-refractivity contribution in [2.45, 2.75) is 32.7 Å². The van der Waals surface area contributed by atoms with Crippen LogP contribution in [0.1, 0.15) is 26.7 Å². The first-order chi connectivity index (χ1) is 7.15. The number of aromatic nitrogens is 1. The molecule has 1 N–H and O–H groups in total. The molecule has 15 heavy (non-hydrogen) atoms. The Morgan fingerprint density at radius 2 is 2.33 bits per heavy atom. The molecule has 2 unspecified atom stereocenters. The summed E-state index contributed by atoms with van der Waals surface area (Å²) in [5.41, 5.74) is 0. The standard InChI is InChI=1S/C12H17BrN2/c1-8(2)6-9-7-10(9)14-12-5-3-4-11(13)15-12/h3-5,8-10H,6-7H2,1-2H3,(H,14,15). The van der Waals surface area contributed by atoms with Crippen molar-refractivity contribution in [1.29, 1.82) is 0 Å². The first-order valence-corrected chi connectivity index (χ1v) is 6.33. The van der Waals surface area contributed by atoms with Crippen LogP contribution in [0, 0.1) is 11.8 Å². The number of hydrogen-bond donors (Lipinski definition) is 1. The Balaban J connectivity index is 1.84. The van der Waals surface area contributed by atoms with Crippen LogP contribution >= 0.6 is 15.9 Å². The Labute approximate surface area is 99.6 Å². The number of halogens is 1. The highest BCUT2D eigenvalue weighted by molar-refractivity contribution is 9.10. The molecule has 0 radical (unpaired) electrons. The molecule has 1 fully saturated rings. The first-order valence-electron chi connectivity index (χ1n) is 5.54. The molecule has 0 aromatic carbocycles. The normalized spacial score (nSPS) is 24.3. The van der Waals surface area contributed by atoms with Gasteiger partial charge in [0.15, 0.2) is 0 Å². The van der Waals surface area contributed by atoms with Gasteiger partial charge in [-0.25, -0.2) is 4.98 Å². The van der Waals surface area contributed by atoms with Crippen molar-refractivity contribution in [2.24, 2.45) is 11.8 Å². The number of pyridine rings is 1. The minimum Gasteiger partial charge on any atom is -0.367 e. The molecule has 2 nitrogen and oxygen atoms in total. The Kier molecular flexibility index (Phi) is 3.29. The number of nitrogens with one attached hydrogen (secondary N) is 1. The van der Waals surface area contributed by atoms with Gasteiger partial charge in [-0.05, 0) is 52.7 Å². The quantitative estimate of drug-likeness (QED) is 0.843. The highest BCUT2D eigenvalue weighted by Gasteiger charge is 2.37. The van der Waals surface area contributed by atoms with E-state index in [0.29, 0.717) is 6.04 Å². The first kappa shape index (κ1) is 10.9. The fourth-order valence-corrected chi connectivity index (χ4v) is 2.31. The molecule has 1 heterocycles. The van der Waals surface area contributed by atoms with E-state index >= 15 is 0 Å². The van der Waals surface area contributed by atoms with Gasteiger partial charge in [-0.15, -0.1) is 0 Å². The fourth-order valence-electron chi connectivity index (χ4n) is 1.97. The zero-order chi connectivity index (χ0) is 10.8. The topological polar surface area (TPSA) is 24.9 Å². The summed E-state index contributed by atoms with van der Waals surface area (Å²) in [4.78, 5) is 4.37. The predicted octanol–water partition coefficient (Wildman–Crippen LogP) is 3.69. The third-order valence-corrected chi connectivity index (χ3v) is 3.19. The molecule has 3 heteroatoms. The largest absolute Gasteiger partial charge is 0.367 e. The fraction of sp³-hybridized carbons (Fsp3) is 0.583. The highest BCUT2D eigenvalue weighted by atomic mass is 79.9. The number of rotatable bonds is 4. The molecule has 0 amide bonds. The lowest BCUT2D eigenvalue weighted by atomic mass is 10.1. The van der Waals surface area contributed by atoms with E-state index in [2.05, 4.69) is 40.1 Å². The monoisotopic (exact) mass is 268 g/mol. The van der Waals surface area contributed by atoms with E-state index in [1.54, 1.807) is 0 Å². The van der Waals surface area contributed by atoms with Gasteiger partial charge in [-0.2, -0.15) is 0 Å². The molecular formula is C12H17BrN2. The smallest absolute Gasteiger partial charge is 0.127 e. The van der Waals surface area contributed by atoms with Crippen molar-refractivity contribution >= 4 is 21.7 Å². The minimum atomic E-state index is 0.647. The molecule has 1 saturated carbocycles. The van der Waals surface area contributed by atoms with Crippen molar-refractivity contribution in [3.05, 3.63) is 22.8 Å². The molecule has 82 valence electrons. The van der Waals surface area contributed by atoms with Crippen LogP contribution < -0.4 is 5.32 Å². The summed E-state index contributed by atoms with van der Waals surface area (Å²) < 4.78 is 0.897. The van der Waals surface area contributed by atoms with Gasteiger partial charge in [-0.1, -0.05) is 19.9 Å². The number of nitrogens with zero attached hydrogens (tertiary/aromatic N) is 1. The van der Waals surface area contributed by atoms with Gasteiger partial charge in [0.2, 0.25) is 0 Å². The van der Waals surface area contributed by atoms with Gasteiger partial charge in [0.1, 0.15) is 10.4 Å². The molecule has 2 rings (SSSR count). The van der Waals surface area contributed by atoms with E-state index in [-0.39, 0.29) is 0 Å². The van der Waals surface area contributed by atoms with Crippen LogP contribution in [0.2, 0.25) is 0 Å². The maximum absolute atomic E-state index is 4.37. The van der Waals surface area contributed by atoms with Crippen molar-refractivity contribution in [1.82, 2.24) is 4.98 Å². The van der Waals surface area contributed by atoms with Crippen LogP contribution in [-0.2, 0) is 0 Å². The Morgan fingerprint density at radius 1 is 1.53 bits per heavy atom. The van der Waals surface area contributed by atoms with Gasteiger partial charge < -0.3 is 5.32 Å². The molecule has 0 saturated heterocycles. The van der Waals surface area contributed by atoms with Gasteiger partial charge >= 0.3 is 0 Å². The summed E-state index contributed by atoms with van der Waals surface area (Å²) in [5.74, 6) is 2.64. The molecule has 0 aliphatic heterocycles. The highest BCUT2D eigenvalue weighted by Crippen LogP contribution is 2.38.